The summed E-state index contributed by atoms with van der Waals surface area (Å²) in [5, 5.41) is 10.4. The molecule has 21 heavy (non-hydrogen) atoms. The minimum Gasteiger partial charge on any atom is -0.426 e. The molecule has 0 spiro atoms. The first-order valence-electron chi connectivity index (χ1n) is 7.64. The van der Waals surface area contributed by atoms with E-state index in [0.29, 0.717) is 5.75 Å². The van der Waals surface area contributed by atoms with Gasteiger partial charge < -0.3 is 9.84 Å². The highest BCUT2D eigenvalue weighted by molar-refractivity contribution is 5.78. The van der Waals surface area contributed by atoms with Crippen LogP contribution in [-0.2, 0) is 4.79 Å². The smallest absolute Gasteiger partial charge is 0.316 e. The van der Waals surface area contributed by atoms with Gasteiger partial charge in [0.1, 0.15) is 5.75 Å². The molecule has 0 radical (unpaired) electrons. The van der Waals surface area contributed by atoms with Crippen molar-refractivity contribution in [3.63, 3.8) is 0 Å². The maximum atomic E-state index is 12.0. The van der Waals surface area contributed by atoms with E-state index in [4.69, 9.17) is 4.74 Å². The van der Waals surface area contributed by atoms with Crippen LogP contribution in [0.25, 0.3) is 0 Å². The van der Waals surface area contributed by atoms with E-state index in [1.165, 1.54) is 0 Å². The predicted molar refractivity (Wildman–Crippen MR) is 85.2 cm³/mol. The molecule has 0 amide bonds. The molecule has 0 aliphatic heterocycles. The summed E-state index contributed by atoms with van der Waals surface area (Å²) < 4.78 is 5.40. The van der Waals surface area contributed by atoms with Crippen LogP contribution in [-0.4, -0.2) is 11.1 Å². The molecule has 1 aromatic rings. The summed E-state index contributed by atoms with van der Waals surface area (Å²) in [5.41, 5.74) is 0.182. The van der Waals surface area contributed by atoms with Crippen molar-refractivity contribution in [2.24, 2.45) is 10.8 Å². The number of hydrogen-bond donors (Lipinski definition) is 1. The summed E-state index contributed by atoms with van der Waals surface area (Å²) in [4.78, 5) is 12.0. The summed E-state index contributed by atoms with van der Waals surface area (Å²) in [6.07, 6.45) is 1.09. The monoisotopic (exact) mass is 292 g/mol. The van der Waals surface area contributed by atoms with Crippen molar-refractivity contribution in [2.75, 3.05) is 0 Å². The van der Waals surface area contributed by atoms with Crippen LogP contribution in [0.3, 0.4) is 0 Å². The van der Waals surface area contributed by atoms with E-state index >= 15 is 0 Å². The minimum absolute atomic E-state index is 0.178. The van der Waals surface area contributed by atoms with Gasteiger partial charge in [0.25, 0.3) is 0 Å². The summed E-state index contributed by atoms with van der Waals surface area (Å²) in [6, 6.07) is 7.13. The van der Waals surface area contributed by atoms with Crippen molar-refractivity contribution >= 4 is 5.97 Å². The zero-order valence-electron chi connectivity index (χ0n) is 14.1. The Kier molecular flexibility index (Phi) is 5.57. The van der Waals surface area contributed by atoms with E-state index in [1.54, 1.807) is 12.1 Å². The number of rotatable bonds is 6. The van der Waals surface area contributed by atoms with Crippen LogP contribution in [0.2, 0.25) is 0 Å². The number of aliphatic hydroxyl groups is 1. The number of benzene rings is 1. The topological polar surface area (TPSA) is 46.5 Å². The molecular weight excluding hydrogens is 264 g/mol. The maximum absolute atomic E-state index is 12.0. The Labute approximate surface area is 128 Å². The first kappa shape index (κ1) is 17.7. The third kappa shape index (κ3) is 4.31. The van der Waals surface area contributed by atoms with Crippen LogP contribution in [0.5, 0.6) is 5.75 Å². The lowest BCUT2D eigenvalue weighted by atomic mass is 9.80. The lowest BCUT2D eigenvalue weighted by Crippen LogP contribution is -2.28. The Morgan fingerprint density at radius 1 is 1.10 bits per heavy atom. The highest BCUT2D eigenvalue weighted by Crippen LogP contribution is 2.36. The van der Waals surface area contributed by atoms with E-state index < -0.39 is 11.5 Å². The number of hydrogen-bond acceptors (Lipinski definition) is 3. The number of esters is 1. The average molecular weight is 292 g/mol. The summed E-state index contributed by atoms with van der Waals surface area (Å²) >= 11 is 0. The largest absolute Gasteiger partial charge is 0.426 e. The molecule has 0 bridgehead atoms. The second-order valence-corrected chi connectivity index (χ2v) is 6.94. The SMILES string of the molecule is CCC(C)(C)C(=O)Oc1ccc(C(O)C(C)(C)CC)cc1. The van der Waals surface area contributed by atoms with Crippen LogP contribution in [0.15, 0.2) is 24.3 Å². The average Bonchev–Trinajstić information content (AvgIpc) is 2.47. The van der Waals surface area contributed by atoms with Gasteiger partial charge in [-0.3, -0.25) is 4.79 Å². The first-order valence-corrected chi connectivity index (χ1v) is 7.64. The molecule has 0 aliphatic rings. The molecule has 1 N–H and O–H groups in total. The first-order chi connectivity index (χ1) is 9.64. The molecule has 3 heteroatoms. The fourth-order valence-electron chi connectivity index (χ4n) is 1.75. The van der Waals surface area contributed by atoms with Crippen molar-refractivity contribution < 1.29 is 14.6 Å². The molecular formula is C18H28O3. The van der Waals surface area contributed by atoms with E-state index in [1.807, 2.05) is 46.8 Å². The third-order valence-corrected chi connectivity index (χ3v) is 4.49. The lowest BCUT2D eigenvalue weighted by Gasteiger charge is -2.29. The molecule has 1 aromatic carbocycles. The molecule has 118 valence electrons. The second-order valence-electron chi connectivity index (χ2n) is 6.94. The molecule has 0 fully saturated rings. The highest BCUT2D eigenvalue weighted by Gasteiger charge is 2.29. The van der Waals surface area contributed by atoms with Gasteiger partial charge in [-0.25, -0.2) is 0 Å². The maximum Gasteiger partial charge on any atom is 0.316 e. The predicted octanol–water partition coefficient (Wildman–Crippen LogP) is 4.50. The van der Waals surface area contributed by atoms with Crippen molar-refractivity contribution in [1.82, 2.24) is 0 Å². The van der Waals surface area contributed by atoms with Crippen LogP contribution in [0.4, 0.5) is 0 Å². The Hall–Kier alpha value is -1.35. The van der Waals surface area contributed by atoms with Crippen molar-refractivity contribution in [2.45, 2.75) is 60.5 Å². The van der Waals surface area contributed by atoms with Gasteiger partial charge in [0.2, 0.25) is 0 Å². The Bertz CT molecular complexity index is 472. The third-order valence-electron chi connectivity index (χ3n) is 4.49. The van der Waals surface area contributed by atoms with Gasteiger partial charge in [0.15, 0.2) is 0 Å². The zero-order chi connectivity index (χ0) is 16.3. The van der Waals surface area contributed by atoms with Crippen LogP contribution in [0.1, 0.15) is 66.1 Å². The lowest BCUT2D eigenvalue weighted by molar-refractivity contribution is -0.144. The van der Waals surface area contributed by atoms with E-state index in [9.17, 15) is 9.90 Å². The molecule has 1 unspecified atom stereocenters. The van der Waals surface area contributed by atoms with E-state index in [0.717, 1.165) is 18.4 Å². The minimum atomic E-state index is -0.528. The fraction of sp³-hybridized carbons (Fsp3) is 0.611. The van der Waals surface area contributed by atoms with Crippen molar-refractivity contribution in [3.05, 3.63) is 29.8 Å². The van der Waals surface area contributed by atoms with E-state index in [2.05, 4.69) is 6.92 Å². The van der Waals surface area contributed by atoms with Gasteiger partial charge in [-0.15, -0.1) is 0 Å². The number of aliphatic hydroxyl groups excluding tert-OH is 1. The van der Waals surface area contributed by atoms with Gasteiger partial charge in [-0.1, -0.05) is 39.8 Å². The summed E-state index contributed by atoms with van der Waals surface area (Å²) in [6.45, 7) is 11.8. The summed E-state index contributed by atoms with van der Waals surface area (Å²) in [7, 11) is 0. The Morgan fingerprint density at radius 3 is 2.05 bits per heavy atom. The molecule has 0 aromatic heterocycles. The van der Waals surface area contributed by atoms with Crippen LogP contribution >= 0.6 is 0 Å². The normalized spacial score (nSPS) is 13.9. The number of ether oxygens (including phenoxy) is 1. The van der Waals surface area contributed by atoms with Crippen molar-refractivity contribution in [3.8, 4) is 5.75 Å². The van der Waals surface area contributed by atoms with E-state index in [-0.39, 0.29) is 11.4 Å². The Balaban J connectivity index is 2.82. The molecule has 0 heterocycles. The van der Waals surface area contributed by atoms with Crippen LogP contribution in [0, 0.1) is 10.8 Å². The zero-order valence-corrected chi connectivity index (χ0v) is 14.1. The molecule has 0 saturated carbocycles. The quantitative estimate of drug-likeness (QED) is 0.620. The molecule has 3 nitrogen and oxygen atoms in total. The molecule has 1 atom stereocenters. The Morgan fingerprint density at radius 2 is 1.62 bits per heavy atom. The number of carbonyl (C=O) groups is 1. The van der Waals surface area contributed by atoms with Gasteiger partial charge >= 0.3 is 5.97 Å². The number of carbonyl (C=O) groups excluding carboxylic acids is 1. The highest BCUT2D eigenvalue weighted by atomic mass is 16.5. The van der Waals surface area contributed by atoms with Crippen LogP contribution < -0.4 is 4.74 Å². The van der Waals surface area contributed by atoms with Gasteiger partial charge in [0.05, 0.1) is 11.5 Å². The summed E-state index contributed by atoms with van der Waals surface area (Å²) in [5.74, 6) is 0.291. The van der Waals surface area contributed by atoms with Crippen molar-refractivity contribution in [1.29, 1.82) is 0 Å². The van der Waals surface area contributed by atoms with Gasteiger partial charge in [-0.05, 0) is 49.8 Å². The van der Waals surface area contributed by atoms with Gasteiger partial charge in [0, 0.05) is 0 Å². The standard InChI is InChI=1S/C18H28O3/c1-7-17(3,4)15(19)13-9-11-14(12-10-13)21-16(20)18(5,6)8-2/h9-12,15,19H,7-8H2,1-6H3. The molecule has 1 rings (SSSR count). The molecule has 0 saturated heterocycles. The fourth-order valence-corrected chi connectivity index (χ4v) is 1.75. The van der Waals surface area contributed by atoms with Gasteiger partial charge in [-0.2, -0.15) is 0 Å². The molecule has 0 aliphatic carbocycles. The second kappa shape index (κ2) is 6.61.